The van der Waals surface area contributed by atoms with Gasteiger partial charge in [0.2, 0.25) is 0 Å². The highest BCUT2D eigenvalue weighted by molar-refractivity contribution is 6.25. The molecule has 11 aromatic rings. The van der Waals surface area contributed by atoms with Gasteiger partial charge in [-0.05, 0) is 104 Å². The van der Waals surface area contributed by atoms with Crippen LogP contribution in [0.5, 0.6) is 0 Å². The zero-order valence-electron chi connectivity index (χ0n) is 44.7. The minimum Gasteiger partial charge on any atom is -0.309 e. The molecule has 0 saturated carbocycles. The Morgan fingerprint density at radius 1 is 0.320 bits per heavy atom. The maximum atomic E-state index is 9.90. The van der Waals surface area contributed by atoms with Crippen LogP contribution < -0.4 is 0 Å². The second-order valence-corrected chi connectivity index (χ2v) is 11.9. The van der Waals surface area contributed by atoms with Crippen molar-refractivity contribution in [3.05, 3.63) is 182 Å². The van der Waals surface area contributed by atoms with Crippen molar-refractivity contribution in [3.8, 4) is 22.5 Å². The molecule has 9 aromatic carbocycles. The van der Waals surface area contributed by atoms with Crippen molar-refractivity contribution >= 4 is 75.9 Å². The van der Waals surface area contributed by atoms with Crippen molar-refractivity contribution in [2.24, 2.45) is 0 Å². The average molecular weight is 654 g/mol. The molecule has 0 aliphatic heterocycles. The lowest BCUT2D eigenvalue weighted by atomic mass is 9.94. The van der Waals surface area contributed by atoms with E-state index >= 15 is 0 Å². The van der Waals surface area contributed by atoms with Crippen LogP contribution in [0.25, 0.3) is 98.4 Å². The molecular weight excluding hydrogens is 605 g/mol. The van der Waals surface area contributed by atoms with Crippen molar-refractivity contribution in [2.45, 2.75) is 0 Å². The summed E-state index contributed by atoms with van der Waals surface area (Å²) in [6.07, 6.45) is 0. The summed E-state index contributed by atoms with van der Waals surface area (Å²) in [5.41, 5.74) is -2.71. The average Bonchev–Trinajstić information content (AvgIpc) is 3.90. The Hall–Kier alpha value is -6.64. The first-order chi connectivity index (χ1) is 32.7. The van der Waals surface area contributed by atoms with Gasteiger partial charge in [0.05, 0.1) is 48.1 Å². The zero-order chi connectivity index (χ0) is 49.3. The lowest BCUT2D eigenvalue weighted by Crippen LogP contribution is -1.94. The number of fused-ring (bicyclic) bond motifs is 12. The molecule has 2 heteroatoms. The smallest absolute Gasteiger partial charge is 0.0645 e. The minimum atomic E-state index is -0.848. The predicted molar refractivity (Wildman–Crippen MR) is 213 cm³/mol. The fourth-order valence-electron chi connectivity index (χ4n) is 7.15. The first-order valence-corrected chi connectivity index (χ1v) is 15.7. The van der Waals surface area contributed by atoms with Crippen LogP contribution in [0.3, 0.4) is 0 Å². The third kappa shape index (κ3) is 3.85. The number of nitrogens with zero attached hydrogens (tertiary/aromatic N) is 2. The molecule has 0 aliphatic rings. The molecular formula is C48H30N2. The quantitative estimate of drug-likeness (QED) is 0.168. The number of aromatic nitrogens is 2. The maximum Gasteiger partial charge on any atom is 0.0645 e. The van der Waals surface area contributed by atoms with Gasteiger partial charge in [0, 0.05) is 32.9 Å². The Bertz CT molecular complexity index is 4180. The summed E-state index contributed by atoms with van der Waals surface area (Å²) in [6, 6.07) is 7.25. The highest BCUT2D eigenvalue weighted by Crippen LogP contribution is 2.40. The Labute approximate surface area is 315 Å². The molecule has 50 heavy (non-hydrogen) atoms. The Kier molecular flexibility index (Phi) is 3.10. The molecule has 0 aliphatic carbocycles. The van der Waals surface area contributed by atoms with Crippen LogP contribution in [0, 0.1) is 0 Å². The molecule has 0 radical (unpaired) electrons. The van der Waals surface area contributed by atoms with Crippen LogP contribution in [-0.2, 0) is 0 Å². The standard InChI is InChI=1S/C48H30N2/c1-2-12-33(13-3-1)49-45-20-10-8-18-40(45)43-28-31(22-26-47(43)49)32-23-27-48-44(29-32)41-19-9-11-21-46(41)50(48)34-24-25-39-37-16-5-4-14-35(37)36-15-6-7-17-38(36)42(39)30-34/h1-30H/i1D,2D,3D,8D,9D,10D,11D,12D,13D,18D,19D,20D,21D,22D,23D,26D,27D,28D,29D. The Morgan fingerprint density at radius 3 is 1.32 bits per heavy atom. The second-order valence-electron chi connectivity index (χ2n) is 11.9. The Morgan fingerprint density at radius 2 is 0.760 bits per heavy atom. The zero-order valence-corrected chi connectivity index (χ0v) is 25.7. The van der Waals surface area contributed by atoms with Crippen molar-refractivity contribution in [1.29, 1.82) is 0 Å². The van der Waals surface area contributed by atoms with Gasteiger partial charge in [-0.25, -0.2) is 0 Å². The van der Waals surface area contributed by atoms with Crippen LogP contribution in [0.4, 0.5) is 0 Å². The van der Waals surface area contributed by atoms with Crippen LogP contribution in [-0.4, -0.2) is 9.13 Å². The van der Waals surface area contributed by atoms with E-state index in [-0.39, 0.29) is 21.8 Å². The summed E-state index contributed by atoms with van der Waals surface area (Å²) in [6.45, 7) is 0. The van der Waals surface area contributed by atoms with Crippen molar-refractivity contribution < 1.29 is 26.0 Å². The van der Waals surface area contributed by atoms with Crippen LogP contribution in [0.2, 0.25) is 0 Å². The van der Waals surface area contributed by atoms with Crippen molar-refractivity contribution in [3.63, 3.8) is 0 Å². The summed E-state index contributed by atoms with van der Waals surface area (Å²) < 4.78 is 174. The molecule has 2 nitrogen and oxygen atoms in total. The number of benzene rings is 9. The SMILES string of the molecule is [2H]c1c([2H])c([2H])c(-n2c3c([2H])c([2H])c([2H])c([2H])c3c3c([2H])c(-c4c([2H])c([2H])c5c(c4[2H])c4c([2H])c([2H])c([2H])c([2H])c4n5-c4ccc5c6ccccc6c6ccccc6c5c4)c([2H])c([2H])c32)c([2H])c1[2H]. The molecule has 232 valence electrons. The lowest BCUT2D eigenvalue weighted by molar-refractivity contribution is 1.18. The molecule has 0 bridgehead atoms. The number of hydrogen-bond acceptors (Lipinski definition) is 0. The van der Waals surface area contributed by atoms with Gasteiger partial charge in [-0.3, -0.25) is 0 Å². The number of para-hydroxylation sites is 3. The van der Waals surface area contributed by atoms with E-state index in [4.69, 9.17) is 15.1 Å². The van der Waals surface area contributed by atoms with Gasteiger partial charge < -0.3 is 9.13 Å². The molecule has 2 heterocycles. The monoisotopic (exact) mass is 653 g/mol. The lowest BCUT2D eigenvalue weighted by Gasteiger charge is -2.14. The van der Waals surface area contributed by atoms with Gasteiger partial charge in [0.25, 0.3) is 0 Å². The van der Waals surface area contributed by atoms with Gasteiger partial charge in [-0.15, -0.1) is 0 Å². The molecule has 0 saturated heterocycles. The van der Waals surface area contributed by atoms with Crippen LogP contribution in [0.15, 0.2) is 182 Å². The number of rotatable bonds is 3. The molecule has 0 spiro atoms. The minimum absolute atomic E-state index is 0.120. The van der Waals surface area contributed by atoms with E-state index in [1.54, 1.807) is 6.07 Å². The van der Waals surface area contributed by atoms with E-state index in [1.807, 2.05) is 60.7 Å². The van der Waals surface area contributed by atoms with E-state index in [2.05, 4.69) is 0 Å². The third-order valence-electron chi connectivity index (χ3n) is 9.26. The highest BCUT2D eigenvalue weighted by atomic mass is 15.0. The highest BCUT2D eigenvalue weighted by Gasteiger charge is 2.17. The van der Waals surface area contributed by atoms with E-state index in [0.29, 0.717) is 5.69 Å². The van der Waals surface area contributed by atoms with Crippen LogP contribution >= 0.6 is 0 Å². The molecule has 0 amide bonds. The van der Waals surface area contributed by atoms with Crippen LogP contribution in [0.1, 0.15) is 26.0 Å². The largest absolute Gasteiger partial charge is 0.309 e. The van der Waals surface area contributed by atoms with Gasteiger partial charge in [-0.1, -0.05) is 121 Å². The van der Waals surface area contributed by atoms with Gasteiger partial charge in [0.1, 0.15) is 0 Å². The number of hydrogen-bond donors (Lipinski definition) is 0. The van der Waals surface area contributed by atoms with Gasteiger partial charge >= 0.3 is 0 Å². The topological polar surface area (TPSA) is 9.86 Å². The molecule has 0 N–H and O–H groups in total. The van der Waals surface area contributed by atoms with E-state index in [0.717, 1.165) is 36.9 Å². The first kappa shape index (κ1) is 14.9. The summed E-state index contributed by atoms with van der Waals surface area (Å²) in [4.78, 5) is 0. The molecule has 0 fully saturated rings. The molecule has 0 unspecified atom stereocenters. The summed E-state index contributed by atoms with van der Waals surface area (Å²) in [5.74, 6) is 0. The summed E-state index contributed by atoms with van der Waals surface area (Å²) in [7, 11) is 0. The fraction of sp³-hybridized carbons (Fsp3) is 0. The second kappa shape index (κ2) is 10.4. The van der Waals surface area contributed by atoms with Gasteiger partial charge in [-0.2, -0.15) is 0 Å². The van der Waals surface area contributed by atoms with Gasteiger partial charge in [0.15, 0.2) is 0 Å². The molecule has 2 aromatic heterocycles. The molecule has 0 atom stereocenters. The first-order valence-electron chi connectivity index (χ1n) is 25.2. The van der Waals surface area contributed by atoms with E-state index in [9.17, 15) is 11.0 Å². The predicted octanol–water partition coefficient (Wildman–Crippen LogP) is 13.0. The fourth-order valence-corrected chi connectivity index (χ4v) is 7.15. The molecule has 11 rings (SSSR count). The summed E-state index contributed by atoms with van der Waals surface area (Å²) >= 11 is 0. The van der Waals surface area contributed by atoms with E-state index in [1.165, 1.54) is 4.57 Å². The Balaban J connectivity index is 1.31. The normalized spacial score (nSPS) is 17.3. The van der Waals surface area contributed by atoms with Crippen molar-refractivity contribution in [2.75, 3.05) is 0 Å². The van der Waals surface area contributed by atoms with E-state index < -0.39 is 153 Å². The third-order valence-corrected chi connectivity index (χ3v) is 9.26. The van der Waals surface area contributed by atoms with Crippen molar-refractivity contribution in [1.82, 2.24) is 9.13 Å². The summed E-state index contributed by atoms with van der Waals surface area (Å²) in [5, 5.41) is 4.13. The maximum absolute atomic E-state index is 9.90.